The van der Waals surface area contributed by atoms with Crippen molar-refractivity contribution in [2.75, 3.05) is 10.2 Å². The highest BCUT2D eigenvalue weighted by Crippen LogP contribution is 2.51. The van der Waals surface area contributed by atoms with Crippen molar-refractivity contribution in [1.82, 2.24) is 0 Å². The molecule has 0 spiro atoms. The largest absolute Gasteiger partial charge is 0.471 e. The van der Waals surface area contributed by atoms with Crippen molar-refractivity contribution in [2.45, 2.75) is 32.5 Å². The summed E-state index contributed by atoms with van der Waals surface area (Å²) in [6.07, 6.45) is -3.24. The van der Waals surface area contributed by atoms with Crippen LogP contribution in [0, 0.1) is 11.3 Å². The van der Waals surface area contributed by atoms with Crippen molar-refractivity contribution >= 4 is 46.3 Å². The average Bonchev–Trinajstić information content (AvgIpc) is 2.82. The van der Waals surface area contributed by atoms with E-state index in [-0.39, 0.29) is 39.2 Å². The van der Waals surface area contributed by atoms with Crippen molar-refractivity contribution in [3.63, 3.8) is 0 Å². The molecule has 2 atom stereocenters. The molecule has 0 fully saturated rings. The molecule has 1 N–H and O–H groups in total. The average molecular weight is 483 g/mol. The monoisotopic (exact) mass is 482 g/mol. The number of hydrogen-bond acceptors (Lipinski definition) is 3. The Labute approximate surface area is 193 Å². The van der Waals surface area contributed by atoms with E-state index in [0.29, 0.717) is 10.6 Å². The minimum atomic E-state index is -5.18. The van der Waals surface area contributed by atoms with Crippen LogP contribution in [-0.2, 0) is 9.59 Å². The maximum absolute atomic E-state index is 13.8. The van der Waals surface area contributed by atoms with Gasteiger partial charge in [-0.3, -0.25) is 14.5 Å². The van der Waals surface area contributed by atoms with Gasteiger partial charge in [0.25, 0.3) is 0 Å². The van der Waals surface area contributed by atoms with E-state index < -0.39 is 29.5 Å². The zero-order valence-electron chi connectivity index (χ0n) is 17.1. The van der Waals surface area contributed by atoms with Crippen molar-refractivity contribution in [2.24, 2.45) is 11.3 Å². The number of anilines is 2. The molecule has 168 valence electrons. The maximum atomic E-state index is 13.8. The Hall–Kier alpha value is -2.51. The number of allylic oxidation sites excluding steroid dienone is 1. The summed E-state index contributed by atoms with van der Waals surface area (Å²) in [5.41, 5.74) is 0.359. The van der Waals surface area contributed by atoms with Gasteiger partial charge in [0.2, 0.25) is 0 Å². The number of Topliss-reactive ketones (excluding diaryl/α,β-unsaturated/α-hetero) is 1. The Morgan fingerprint density at radius 3 is 2.50 bits per heavy atom. The van der Waals surface area contributed by atoms with E-state index in [1.54, 1.807) is 12.1 Å². The first kappa shape index (κ1) is 22.7. The van der Waals surface area contributed by atoms with Gasteiger partial charge >= 0.3 is 12.1 Å². The lowest BCUT2D eigenvalue weighted by atomic mass is 9.72. The topological polar surface area (TPSA) is 49.4 Å². The Balaban J connectivity index is 2.07. The number of nitrogens with one attached hydrogen (secondary N) is 1. The summed E-state index contributed by atoms with van der Waals surface area (Å²) in [6, 6.07) is 9.32. The van der Waals surface area contributed by atoms with Gasteiger partial charge in [-0.2, -0.15) is 13.2 Å². The molecular formula is C23H19Cl2F3N2O2. The molecule has 2 aromatic rings. The van der Waals surface area contributed by atoms with Gasteiger partial charge in [-0.05, 0) is 29.2 Å². The fraction of sp³-hybridized carbons (Fsp3) is 0.304. The molecule has 2 unspecified atom stereocenters. The zero-order valence-corrected chi connectivity index (χ0v) is 18.6. The maximum Gasteiger partial charge on any atom is 0.471 e. The van der Waals surface area contributed by atoms with Crippen molar-refractivity contribution in [3.8, 4) is 0 Å². The molecule has 1 aliphatic carbocycles. The number of nitrogens with zero attached hydrogens (tertiary/aromatic N) is 1. The van der Waals surface area contributed by atoms with E-state index in [0.717, 1.165) is 0 Å². The summed E-state index contributed by atoms with van der Waals surface area (Å²) in [5.74, 6) is -3.47. The predicted molar refractivity (Wildman–Crippen MR) is 118 cm³/mol. The van der Waals surface area contributed by atoms with Crippen molar-refractivity contribution in [1.29, 1.82) is 0 Å². The molecule has 2 aliphatic rings. The van der Waals surface area contributed by atoms with E-state index in [9.17, 15) is 22.8 Å². The summed E-state index contributed by atoms with van der Waals surface area (Å²) in [7, 11) is 0. The van der Waals surface area contributed by atoms with Gasteiger partial charge in [0.1, 0.15) is 5.78 Å². The number of hydrogen-bond donors (Lipinski definition) is 1. The Kier molecular flexibility index (Phi) is 5.54. The van der Waals surface area contributed by atoms with E-state index in [4.69, 9.17) is 23.2 Å². The molecule has 2 aromatic carbocycles. The Bertz CT molecular complexity index is 1140. The molecule has 1 amide bonds. The first-order valence-corrected chi connectivity index (χ1v) is 10.6. The lowest BCUT2D eigenvalue weighted by Gasteiger charge is -2.39. The van der Waals surface area contributed by atoms with Gasteiger partial charge in [-0.1, -0.05) is 67.4 Å². The second-order valence-electron chi connectivity index (χ2n) is 8.61. The first-order valence-electron chi connectivity index (χ1n) is 9.86. The smallest absolute Gasteiger partial charge is 0.357 e. The number of carbonyl (C=O) groups is 2. The normalized spacial score (nSPS) is 22.3. The molecule has 4 nitrogen and oxygen atoms in total. The van der Waals surface area contributed by atoms with Gasteiger partial charge < -0.3 is 5.32 Å². The van der Waals surface area contributed by atoms with Gasteiger partial charge in [0.05, 0.1) is 33.4 Å². The van der Waals surface area contributed by atoms with Crippen LogP contribution in [0.15, 0.2) is 54.2 Å². The summed E-state index contributed by atoms with van der Waals surface area (Å²) >= 11 is 12.6. The van der Waals surface area contributed by atoms with Crippen LogP contribution in [0.4, 0.5) is 24.5 Å². The van der Waals surface area contributed by atoms with Crippen LogP contribution in [0.25, 0.3) is 0 Å². The highest BCUT2D eigenvalue weighted by Gasteiger charge is 2.52. The van der Waals surface area contributed by atoms with Gasteiger partial charge in [-0.15, -0.1) is 0 Å². The van der Waals surface area contributed by atoms with Crippen LogP contribution < -0.4 is 10.2 Å². The predicted octanol–water partition coefficient (Wildman–Crippen LogP) is 6.55. The molecule has 32 heavy (non-hydrogen) atoms. The number of amides is 1. The molecule has 0 aromatic heterocycles. The fourth-order valence-electron chi connectivity index (χ4n) is 4.44. The lowest BCUT2D eigenvalue weighted by Crippen LogP contribution is -2.48. The van der Waals surface area contributed by atoms with Crippen molar-refractivity contribution in [3.05, 3.63) is 69.8 Å². The van der Waals surface area contributed by atoms with Crippen molar-refractivity contribution < 1.29 is 22.8 Å². The van der Waals surface area contributed by atoms with Crippen LogP contribution in [0.1, 0.15) is 31.9 Å². The third kappa shape index (κ3) is 3.88. The Morgan fingerprint density at radius 1 is 1.12 bits per heavy atom. The van der Waals surface area contributed by atoms with Crippen LogP contribution >= 0.6 is 23.2 Å². The van der Waals surface area contributed by atoms with Gasteiger partial charge in [-0.25, -0.2) is 0 Å². The van der Waals surface area contributed by atoms with Crippen LogP contribution in [0.2, 0.25) is 10.0 Å². The van der Waals surface area contributed by atoms with E-state index in [2.05, 4.69) is 5.32 Å². The molecule has 0 saturated heterocycles. The summed E-state index contributed by atoms with van der Waals surface area (Å²) in [5, 5.41) is 3.23. The SMILES string of the molecule is CC1(C)C=C2Nc3ccccc3N(C(=O)C(F)(F)F)C(c3cccc(Cl)c3Cl)C2C(=O)C1. The highest BCUT2D eigenvalue weighted by atomic mass is 35.5. The third-order valence-corrected chi connectivity index (χ3v) is 6.49. The van der Waals surface area contributed by atoms with E-state index >= 15 is 0 Å². The fourth-order valence-corrected chi connectivity index (χ4v) is 4.86. The molecule has 1 aliphatic heterocycles. The molecule has 4 rings (SSSR count). The van der Waals surface area contributed by atoms with E-state index in [1.807, 2.05) is 19.9 Å². The molecular weight excluding hydrogens is 464 g/mol. The molecule has 9 heteroatoms. The van der Waals surface area contributed by atoms with E-state index in [1.165, 1.54) is 30.3 Å². The number of rotatable bonds is 1. The number of halogens is 5. The Morgan fingerprint density at radius 2 is 1.81 bits per heavy atom. The molecule has 0 bridgehead atoms. The van der Waals surface area contributed by atoms with Gasteiger partial charge in [0.15, 0.2) is 0 Å². The quantitative estimate of drug-likeness (QED) is 0.500. The zero-order chi connectivity index (χ0) is 23.4. The first-order chi connectivity index (χ1) is 14.9. The van der Waals surface area contributed by atoms with Crippen LogP contribution in [0.3, 0.4) is 0 Å². The minimum absolute atomic E-state index is 0.00299. The lowest BCUT2D eigenvalue weighted by molar-refractivity contribution is -0.171. The summed E-state index contributed by atoms with van der Waals surface area (Å²) in [6.45, 7) is 3.74. The van der Waals surface area contributed by atoms with Crippen LogP contribution in [-0.4, -0.2) is 17.9 Å². The highest BCUT2D eigenvalue weighted by molar-refractivity contribution is 6.42. The molecule has 0 saturated carbocycles. The number of alkyl halides is 3. The number of carbonyl (C=O) groups excluding carboxylic acids is 2. The second-order valence-corrected chi connectivity index (χ2v) is 9.40. The number of para-hydroxylation sites is 2. The minimum Gasteiger partial charge on any atom is -0.357 e. The second kappa shape index (κ2) is 7.81. The standard InChI is InChI=1S/C23H19Cl2F3N2O2/c1-22(2)10-15-18(17(31)11-22)20(12-6-5-7-13(24)19(12)25)30(21(32)23(26,27)28)16-9-4-3-8-14(16)29-15/h3-10,18,20,29H,11H2,1-2H3. The van der Waals surface area contributed by atoms with Crippen LogP contribution in [0.5, 0.6) is 0 Å². The van der Waals surface area contributed by atoms with Gasteiger partial charge in [0, 0.05) is 12.1 Å². The summed E-state index contributed by atoms with van der Waals surface area (Å²) in [4.78, 5) is 26.8. The number of fused-ring (bicyclic) bond motifs is 2. The number of ketones is 1. The molecule has 1 heterocycles. The molecule has 0 radical (unpaired) electrons. The number of benzene rings is 2. The third-order valence-electron chi connectivity index (χ3n) is 5.66. The summed E-state index contributed by atoms with van der Waals surface area (Å²) < 4.78 is 41.4.